The van der Waals surface area contributed by atoms with Gasteiger partial charge in [0.05, 0.1) is 12.2 Å². The van der Waals surface area contributed by atoms with E-state index in [1.54, 1.807) is 19.1 Å². The first kappa shape index (κ1) is 19.1. The molecule has 0 spiro atoms. The van der Waals surface area contributed by atoms with Crippen LogP contribution in [0.15, 0.2) is 48.5 Å². The predicted molar refractivity (Wildman–Crippen MR) is 95.5 cm³/mol. The van der Waals surface area contributed by atoms with E-state index in [0.29, 0.717) is 16.9 Å². The Bertz CT molecular complexity index is 788. The van der Waals surface area contributed by atoms with E-state index in [1.165, 1.54) is 48.2 Å². The average Bonchev–Trinajstić information content (AvgIpc) is 2.61. The maximum atomic E-state index is 13.0. The van der Waals surface area contributed by atoms with Crippen molar-refractivity contribution >= 4 is 29.2 Å². The third-order valence-corrected chi connectivity index (χ3v) is 3.50. The molecular formula is C19H19FN2O4. The van der Waals surface area contributed by atoms with Crippen molar-refractivity contribution in [1.82, 2.24) is 0 Å². The summed E-state index contributed by atoms with van der Waals surface area (Å²) in [4.78, 5) is 36.9. The van der Waals surface area contributed by atoms with Crippen molar-refractivity contribution in [2.45, 2.75) is 13.8 Å². The molecule has 0 radical (unpaired) electrons. The minimum Gasteiger partial charge on any atom is -0.462 e. The third-order valence-electron chi connectivity index (χ3n) is 3.50. The number of hydrogen-bond donors (Lipinski definition) is 1. The molecular weight excluding hydrogens is 339 g/mol. The minimum absolute atomic E-state index is 0.222. The smallest absolute Gasteiger partial charge is 0.338 e. The second-order valence-corrected chi connectivity index (χ2v) is 5.43. The fourth-order valence-corrected chi connectivity index (χ4v) is 2.25. The van der Waals surface area contributed by atoms with Crippen molar-refractivity contribution < 1.29 is 23.5 Å². The lowest BCUT2D eigenvalue weighted by molar-refractivity contribution is -0.120. The molecule has 7 heteroatoms. The summed E-state index contributed by atoms with van der Waals surface area (Å²) < 4.78 is 17.9. The first-order valence-electron chi connectivity index (χ1n) is 8.01. The molecule has 136 valence electrons. The van der Waals surface area contributed by atoms with Crippen LogP contribution in [0.4, 0.5) is 15.8 Å². The Balaban J connectivity index is 2.03. The first-order chi connectivity index (χ1) is 12.4. The van der Waals surface area contributed by atoms with Crippen LogP contribution in [-0.4, -0.2) is 30.9 Å². The number of amides is 2. The number of rotatable bonds is 6. The normalized spacial score (nSPS) is 10.1. The monoisotopic (exact) mass is 358 g/mol. The molecule has 0 aromatic heterocycles. The molecule has 0 atom stereocenters. The summed E-state index contributed by atoms with van der Waals surface area (Å²) in [6.07, 6.45) is 0. The highest BCUT2D eigenvalue weighted by Crippen LogP contribution is 2.16. The van der Waals surface area contributed by atoms with E-state index in [4.69, 9.17) is 4.74 Å². The van der Waals surface area contributed by atoms with Gasteiger partial charge in [-0.25, -0.2) is 9.18 Å². The highest BCUT2D eigenvalue weighted by molar-refractivity contribution is 6.02. The average molecular weight is 358 g/mol. The van der Waals surface area contributed by atoms with Crippen molar-refractivity contribution in [3.8, 4) is 0 Å². The molecule has 0 saturated heterocycles. The van der Waals surface area contributed by atoms with Gasteiger partial charge in [0.1, 0.15) is 12.4 Å². The van der Waals surface area contributed by atoms with Gasteiger partial charge in [0, 0.05) is 18.3 Å². The van der Waals surface area contributed by atoms with Crippen LogP contribution in [-0.2, 0) is 14.3 Å². The number of ether oxygens (including phenoxy) is 1. The summed E-state index contributed by atoms with van der Waals surface area (Å²) in [5.41, 5.74) is 1.28. The number of carbonyl (C=O) groups is 3. The molecule has 2 amide bonds. The molecule has 0 aliphatic rings. The Hall–Kier alpha value is -3.22. The summed E-state index contributed by atoms with van der Waals surface area (Å²) in [5.74, 6) is -1.63. The van der Waals surface area contributed by atoms with Crippen LogP contribution < -0.4 is 10.2 Å². The standard InChI is InChI=1S/C19H19FN2O4/c1-3-26-19(25)14-4-8-16(9-5-14)21-18(24)12-22(13(2)23)17-10-6-15(20)7-11-17/h4-11H,3,12H2,1-2H3,(H,21,24). The molecule has 2 rings (SSSR count). The van der Waals surface area contributed by atoms with Gasteiger partial charge in [-0.15, -0.1) is 0 Å². The lowest BCUT2D eigenvalue weighted by atomic mass is 10.2. The molecule has 0 unspecified atom stereocenters. The largest absolute Gasteiger partial charge is 0.462 e. The van der Waals surface area contributed by atoms with Gasteiger partial charge >= 0.3 is 5.97 Å². The predicted octanol–water partition coefficient (Wildman–Crippen LogP) is 2.99. The number of esters is 1. The summed E-state index contributed by atoms with van der Waals surface area (Å²) >= 11 is 0. The quantitative estimate of drug-likeness (QED) is 0.806. The van der Waals surface area contributed by atoms with Crippen LogP contribution in [0.5, 0.6) is 0 Å². The lowest BCUT2D eigenvalue weighted by Crippen LogP contribution is -2.36. The van der Waals surface area contributed by atoms with E-state index < -0.39 is 17.7 Å². The Morgan fingerprint density at radius 3 is 2.19 bits per heavy atom. The van der Waals surface area contributed by atoms with E-state index in [2.05, 4.69) is 5.32 Å². The zero-order valence-electron chi connectivity index (χ0n) is 14.5. The van der Waals surface area contributed by atoms with Crippen molar-refractivity contribution in [2.75, 3.05) is 23.4 Å². The molecule has 26 heavy (non-hydrogen) atoms. The molecule has 0 heterocycles. The van der Waals surface area contributed by atoms with E-state index in [1.807, 2.05) is 0 Å². The van der Waals surface area contributed by atoms with E-state index >= 15 is 0 Å². The number of hydrogen-bond acceptors (Lipinski definition) is 4. The Morgan fingerprint density at radius 2 is 1.65 bits per heavy atom. The van der Waals surface area contributed by atoms with Gasteiger partial charge in [-0.2, -0.15) is 0 Å². The molecule has 0 bridgehead atoms. The SMILES string of the molecule is CCOC(=O)c1ccc(NC(=O)CN(C(C)=O)c2ccc(F)cc2)cc1. The fourth-order valence-electron chi connectivity index (χ4n) is 2.25. The number of anilines is 2. The Kier molecular flexibility index (Phi) is 6.43. The lowest BCUT2D eigenvalue weighted by Gasteiger charge is -2.20. The van der Waals surface area contributed by atoms with Crippen molar-refractivity contribution in [2.24, 2.45) is 0 Å². The van der Waals surface area contributed by atoms with Gasteiger partial charge in [0.25, 0.3) is 0 Å². The van der Waals surface area contributed by atoms with Gasteiger partial charge in [0.15, 0.2) is 0 Å². The molecule has 0 fully saturated rings. The minimum atomic E-state index is -0.440. The second-order valence-electron chi connectivity index (χ2n) is 5.43. The highest BCUT2D eigenvalue weighted by Gasteiger charge is 2.16. The van der Waals surface area contributed by atoms with Crippen LogP contribution in [0.3, 0.4) is 0 Å². The zero-order chi connectivity index (χ0) is 19.1. The zero-order valence-corrected chi connectivity index (χ0v) is 14.5. The van der Waals surface area contributed by atoms with Gasteiger partial charge < -0.3 is 15.0 Å². The van der Waals surface area contributed by atoms with Gasteiger partial charge in [0.2, 0.25) is 11.8 Å². The molecule has 1 N–H and O–H groups in total. The molecule has 6 nitrogen and oxygen atoms in total. The van der Waals surface area contributed by atoms with E-state index in [-0.39, 0.29) is 19.1 Å². The summed E-state index contributed by atoms with van der Waals surface area (Å²) in [6, 6.07) is 11.5. The number of halogens is 1. The van der Waals surface area contributed by atoms with Crippen LogP contribution in [0, 0.1) is 5.82 Å². The summed E-state index contributed by atoms with van der Waals surface area (Å²) in [5, 5.41) is 2.65. The molecule has 0 aliphatic heterocycles. The van der Waals surface area contributed by atoms with Gasteiger partial charge in [-0.05, 0) is 55.5 Å². The first-order valence-corrected chi connectivity index (χ1v) is 8.01. The number of carbonyl (C=O) groups excluding carboxylic acids is 3. The van der Waals surface area contributed by atoms with Crippen LogP contribution in [0.1, 0.15) is 24.2 Å². The van der Waals surface area contributed by atoms with E-state index in [0.717, 1.165) is 0 Å². The topological polar surface area (TPSA) is 75.7 Å². The number of nitrogens with zero attached hydrogens (tertiary/aromatic N) is 1. The number of nitrogens with one attached hydrogen (secondary N) is 1. The van der Waals surface area contributed by atoms with E-state index in [9.17, 15) is 18.8 Å². The Labute approximate surface area is 150 Å². The van der Waals surface area contributed by atoms with Gasteiger partial charge in [-0.1, -0.05) is 0 Å². The number of benzene rings is 2. The van der Waals surface area contributed by atoms with Crippen LogP contribution in [0.25, 0.3) is 0 Å². The Morgan fingerprint density at radius 1 is 1.04 bits per heavy atom. The molecule has 0 aliphatic carbocycles. The maximum absolute atomic E-state index is 13.0. The molecule has 2 aromatic carbocycles. The third kappa shape index (κ3) is 5.14. The molecule has 0 saturated carbocycles. The van der Waals surface area contributed by atoms with Crippen LogP contribution >= 0.6 is 0 Å². The molecule has 2 aromatic rings. The van der Waals surface area contributed by atoms with Crippen molar-refractivity contribution in [3.05, 3.63) is 59.9 Å². The van der Waals surface area contributed by atoms with Crippen molar-refractivity contribution in [3.63, 3.8) is 0 Å². The fraction of sp³-hybridized carbons (Fsp3) is 0.211. The van der Waals surface area contributed by atoms with Crippen molar-refractivity contribution in [1.29, 1.82) is 0 Å². The van der Waals surface area contributed by atoms with Crippen LogP contribution in [0.2, 0.25) is 0 Å². The maximum Gasteiger partial charge on any atom is 0.338 e. The summed E-state index contributed by atoms with van der Waals surface area (Å²) in [7, 11) is 0. The highest BCUT2D eigenvalue weighted by atomic mass is 19.1. The second kappa shape index (κ2) is 8.75. The summed E-state index contributed by atoms with van der Waals surface area (Å²) in [6.45, 7) is 3.10. The van der Waals surface area contributed by atoms with Gasteiger partial charge in [-0.3, -0.25) is 9.59 Å².